The fourth-order valence-electron chi connectivity index (χ4n) is 3.49. The summed E-state index contributed by atoms with van der Waals surface area (Å²) in [6.07, 6.45) is 0. The van der Waals surface area contributed by atoms with Crippen LogP contribution in [0.1, 0.15) is 31.1 Å². The second-order valence-electron chi connectivity index (χ2n) is 7.09. The van der Waals surface area contributed by atoms with Gasteiger partial charge in [0, 0.05) is 18.7 Å². The van der Waals surface area contributed by atoms with Crippen LogP contribution in [-0.4, -0.2) is 62.8 Å². The van der Waals surface area contributed by atoms with Gasteiger partial charge in [0.15, 0.2) is 16.6 Å². The van der Waals surface area contributed by atoms with E-state index in [2.05, 4.69) is 18.7 Å². The van der Waals surface area contributed by atoms with Crippen LogP contribution in [0, 0.1) is 0 Å². The van der Waals surface area contributed by atoms with Gasteiger partial charge in [-0.1, -0.05) is 31.3 Å². The van der Waals surface area contributed by atoms with Crippen molar-refractivity contribution in [2.45, 2.75) is 20.8 Å². The molecule has 0 radical (unpaired) electrons. The summed E-state index contributed by atoms with van der Waals surface area (Å²) in [6, 6.07) is 11.1. The lowest BCUT2D eigenvalue weighted by atomic mass is 10.1. The van der Waals surface area contributed by atoms with Gasteiger partial charge in [-0.3, -0.25) is 9.69 Å². The topological polar surface area (TPSA) is 64.1 Å². The van der Waals surface area contributed by atoms with Gasteiger partial charge in [-0.15, -0.1) is 12.4 Å². The molecule has 0 bridgehead atoms. The smallest absolute Gasteiger partial charge is 0.260 e. The number of fused-ring (bicyclic) bond motifs is 1. The average molecular weight is 494 g/mol. The van der Waals surface area contributed by atoms with Crippen molar-refractivity contribution in [2.75, 3.05) is 51.9 Å². The van der Waals surface area contributed by atoms with Gasteiger partial charge in [-0.05, 0) is 50.3 Å². The van der Waals surface area contributed by atoms with Crippen LogP contribution in [0.5, 0.6) is 17.2 Å². The van der Waals surface area contributed by atoms with Crippen LogP contribution in [0.25, 0.3) is 10.2 Å². The van der Waals surface area contributed by atoms with E-state index in [-0.39, 0.29) is 18.3 Å². The minimum absolute atomic E-state index is 0. The highest BCUT2D eigenvalue weighted by Crippen LogP contribution is 2.35. The van der Waals surface area contributed by atoms with Crippen molar-refractivity contribution in [3.63, 3.8) is 0 Å². The Bertz CT molecular complexity index is 1060. The SMILES string of the molecule is CCOc1cccc2sc(N(CCN(CC)CC)C(=O)c3ccc(OC)c(OC)c3)nc12.Cl. The number of methoxy groups -OCH3 is 2. The molecule has 0 aliphatic heterocycles. The van der Waals surface area contributed by atoms with Gasteiger partial charge in [-0.25, -0.2) is 4.98 Å². The lowest BCUT2D eigenvalue weighted by molar-refractivity contribution is 0.0983. The maximum absolute atomic E-state index is 13.6. The van der Waals surface area contributed by atoms with Gasteiger partial charge in [0.1, 0.15) is 11.3 Å². The highest BCUT2D eigenvalue weighted by molar-refractivity contribution is 7.22. The van der Waals surface area contributed by atoms with Crippen LogP contribution >= 0.6 is 23.7 Å². The summed E-state index contributed by atoms with van der Waals surface area (Å²) in [5.74, 6) is 1.70. The molecule has 0 spiro atoms. The molecule has 3 aromatic rings. The first-order valence-corrected chi connectivity index (χ1v) is 11.7. The number of benzene rings is 2. The third-order valence-corrected chi connectivity index (χ3v) is 6.35. The van der Waals surface area contributed by atoms with Crippen molar-refractivity contribution in [1.82, 2.24) is 9.88 Å². The number of anilines is 1. The van der Waals surface area contributed by atoms with Crippen molar-refractivity contribution in [2.24, 2.45) is 0 Å². The number of aromatic nitrogens is 1. The third kappa shape index (κ3) is 6.07. The van der Waals surface area contributed by atoms with Crippen LogP contribution in [0.2, 0.25) is 0 Å². The summed E-state index contributed by atoms with van der Waals surface area (Å²) < 4.78 is 17.5. The van der Waals surface area contributed by atoms with Crippen molar-refractivity contribution in [3.8, 4) is 17.2 Å². The maximum Gasteiger partial charge on any atom is 0.260 e. The second kappa shape index (κ2) is 12.6. The minimum Gasteiger partial charge on any atom is -0.493 e. The summed E-state index contributed by atoms with van der Waals surface area (Å²) in [5.41, 5.74) is 1.30. The number of likely N-dealkylation sites (N-methyl/N-ethyl adjacent to an activating group) is 1. The number of halogens is 1. The molecule has 2 aromatic carbocycles. The Balaban J connectivity index is 0.00000385. The number of hydrogen-bond acceptors (Lipinski definition) is 7. The van der Waals surface area contributed by atoms with Crippen LogP contribution < -0.4 is 19.1 Å². The molecular weight excluding hydrogens is 462 g/mol. The molecule has 3 rings (SSSR count). The number of para-hydroxylation sites is 1. The first kappa shape index (κ1) is 26.7. The minimum atomic E-state index is -0.130. The molecule has 0 saturated carbocycles. The first-order chi connectivity index (χ1) is 15.6. The number of amides is 1. The monoisotopic (exact) mass is 493 g/mol. The molecule has 0 saturated heterocycles. The number of thiazole rings is 1. The van der Waals surface area contributed by atoms with Crippen LogP contribution in [0.3, 0.4) is 0 Å². The molecule has 0 aliphatic rings. The molecule has 1 aromatic heterocycles. The van der Waals surface area contributed by atoms with E-state index in [1.807, 2.05) is 25.1 Å². The largest absolute Gasteiger partial charge is 0.493 e. The van der Waals surface area contributed by atoms with Gasteiger partial charge in [0.2, 0.25) is 0 Å². The Labute approximate surface area is 205 Å². The molecular formula is C24H32ClN3O4S. The van der Waals surface area contributed by atoms with E-state index in [1.165, 1.54) is 11.3 Å². The van der Waals surface area contributed by atoms with Crippen molar-refractivity contribution in [1.29, 1.82) is 0 Å². The summed E-state index contributed by atoms with van der Waals surface area (Å²) >= 11 is 1.49. The van der Waals surface area contributed by atoms with Crippen LogP contribution in [0.4, 0.5) is 5.13 Å². The summed E-state index contributed by atoms with van der Waals surface area (Å²) in [6.45, 7) is 9.86. The molecule has 0 atom stereocenters. The molecule has 33 heavy (non-hydrogen) atoms. The lowest BCUT2D eigenvalue weighted by Gasteiger charge is -2.25. The zero-order valence-corrected chi connectivity index (χ0v) is 21.4. The number of carbonyl (C=O) groups is 1. The fraction of sp³-hybridized carbons (Fsp3) is 0.417. The first-order valence-electron chi connectivity index (χ1n) is 10.8. The Kier molecular flexibility index (Phi) is 10.2. The van der Waals surface area contributed by atoms with E-state index in [4.69, 9.17) is 19.2 Å². The Morgan fingerprint density at radius 3 is 2.33 bits per heavy atom. The second-order valence-corrected chi connectivity index (χ2v) is 8.09. The maximum atomic E-state index is 13.6. The average Bonchev–Trinajstić information content (AvgIpc) is 3.26. The number of nitrogens with zero attached hydrogens (tertiary/aromatic N) is 3. The molecule has 0 fully saturated rings. The Hall–Kier alpha value is -2.55. The molecule has 0 aliphatic carbocycles. The van der Waals surface area contributed by atoms with Crippen molar-refractivity contribution >= 4 is 45.0 Å². The fourth-order valence-corrected chi connectivity index (χ4v) is 4.50. The number of ether oxygens (including phenoxy) is 3. The summed E-state index contributed by atoms with van der Waals surface area (Å²) in [5, 5.41) is 0.652. The highest BCUT2D eigenvalue weighted by Gasteiger charge is 2.24. The molecule has 0 unspecified atom stereocenters. The Morgan fingerprint density at radius 1 is 0.970 bits per heavy atom. The normalized spacial score (nSPS) is 10.7. The van der Waals surface area contributed by atoms with Gasteiger partial charge in [0.05, 0.1) is 25.5 Å². The third-order valence-electron chi connectivity index (χ3n) is 5.31. The van der Waals surface area contributed by atoms with Crippen LogP contribution in [0.15, 0.2) is 36.4 Å². The predicted molar refractivity (Wildman–Crippen MR) is 137 cm³/mol. The van der Waals surface area contributed by atoms with Gasteiger partial charge in [-0.2, -0.15) is 0 Å². The van der Waals surface area contributed by atoms with E-state index in [9.17, 15) is 4.79 Å². The molecule has 180 valence electrons. The predicted octanol–water partition coefficient (Wildman–Crippen LogP) is 5.12. The quantitative estimate of drug-likeness (QED) is 0.369. The van der Waals surface area contributed by atoms with E-state index in [0.717, 1.165) is 35.6 Å². The molecule has 1 heterocycles. The van der Waals surface area contributed by atoms with Crippen molar-refractivity contribution < 1.29 is 19.0 Å². The van der Waals surface area contributed by atoms with E-state index in [1.54, 1.807) is 37.3 Å². The molecule has 9 heteroatoms. The highest BCUT2D eigenvalue weighted by atomic mass is 35.5. The van der Waals surface area contributed by atoms with Crippen LogP contribution in [-0.2, 0) is 0 Å². The number of rotatable bonds is 11. The zero-order chi connectivity index (χ0) is 23.1. The van der Waals surface area contributed by atoms with E-state index < -0.39 is 0 Å². The molecule has 7 nitrogen and oxygen atoms in total. The Morgan fingerprint density at radius 2 is 1.70 bits per heavy atom. The van der Waals surface area contributed by atoms with E-state index >= 15 is 0 Å². The van der Waals surface area contributed by atoms with Crippen molar-refractivity contribution in [3.05, 3.63) is 42.0 Å². The molecule has 1 amide bonds. The standard InChI is InChI=1S/C24H31N3O4S.ClH/c1-6-26(7-2)14-15-27(23(28)17-12-13-18(29-4)20(16-17)30-5)24-25-22-19(31-8-3)10-9-11-21(22)32-24;/h9-13,16H,6-8,14-15H2,1-5H3;1H. The van der Waals surface area contributed by atoms with E-state index in [0.29, 0.717) is 35.3 Å². The molecule has 0 N–H and O–H groups in total. The van der Waals surface area contributed by atoms with Gasteiger partial charge in [0.25, 0.3) is 5.91 Å². The zero-order valence-electron chi connectivity index (χ0n) is 19.8. The number of carbonyl (C=O) groups excluding carboxylic acids is 1. The summed E-state index contributed by atoms with van der Waals surface area (Å²) in [4.78, 5) is 22.5. The number of hydrogen-bond donors (Lipinski definition) is 0. The lowest BCUT2D eigenvalue weighted by Crippen LogP contribution is -2.38. The van der Waals surface area contributed by atoms with Gasteiger partial charge >= 0.3 is 0 Å². The summed E-state index contributed by atoms with van der Waals surface area (Å²) in [7, 11) is 3.14. The van der Waals surface area contributed by atoms with Gasteiger partial charge < -0.3 is 19.1 Å².